The normalized spacial score (nSPS) is 12.8. The van der Waals surface area contributed by atoms with Gasteiger partial charge >= 0.3 is 0 Å². The van der Waals surface area contributed by atoms with Crippen LogP contribution in [0.25, 0.3) is 0 Å². The zero-order valence-electron chi connectivity index (χ0n) is 13.4. The third-order valence-corrected chi connectivity index (χ3v) is 3.46. The summed E-state index contributed by atoms with van der Waals surface area (Å²) in [6.45, 7) is 9.21. The summed E-state index contributed by atoms with van der Waals surface area (Å²) in [5.41, 5.74) is 0.614. The van der Waals surface area contributed by atoms with Crippen molar-refractivity contribution in [3.63, 3.8) is 0 Å². The fraction of sp³-hybridized carbons (Fsp3) is 0.588. The molecule has 0 aliphatic heterocycles. The maximum Gasteiger partial charge on any atom is 0.126 e. The van der Waals surface area contributed by atoms with Crippen molar-refractivity contribution in [2.75, 3.05) is 13.2 Å². The first-order valence-corrected chi connectivity index (χ1v) is 7.46. The second kappa shape index (κ2) is 7.99. The van der Waals surface area contributed by atoms with Crippen molar-refractivity contribution < 1.29 is 9.13 Å². The Morgan fingerprint density at radius 1 is 1.43 bits per heavy atom. The summed E-state index contributed by atoms with van der Waals surface area (Å²) in [4.78, 5) is 0. The minimum absolute atomic E-state index is 0.112. The van der Waals surface area contributed by atoms with E-state index in [-0.39, 0.29) is 17.3 Å². The molecule has 0 bridgehead atoms. The van der Waals surface area contributed by atoms with Crippen LogP contribution in [0.2, 0.25) is 0 Å². The van der Waals surface area contributed by atoms with E-state index in [1.165, 1.54) is 12.1 Å². The number of ether oxygens (including phenoxy) is 1. The van der Waals surface area contributed by atoms with E-state index in [1.807, 2.05) is 27.7 Å². The van der Waals surface area contributed by atoms with E-state index in [0.717, 1.165) is 24.9 Å². The molecule has 1 rings (SSSR count). The van der Waals surface area contributed by atoms with Gasteiger partial charge in [-0.05, 0) is 46.2 Å². The monoisotopic (exact) mass is 292 g/mol. The largest absolute Gasteiger partial charge is 0.493 e. The molecule has 4 heteroatoms. The maximum atomic E-state index is 13.4. The number of halogens is 1. The minimum Gasteiger partial charge on any atom is -0.493 e. The molecule has 0 spiro atoms. The number of hydrogen-bond donors (Lipinski definition) is 1. The molecule has 0 amide bonds. The second-order valence-corrected chi connectivity index (χ2v) is 5.91. The molecule has 21 heavy (non-hydrogen) atoms. The van der Waals surface area contributed by atoms with Crippen LogP contribution in [-0.4, -0.2) is 13.2 Å². The summed E-state index contributed by atoms with van der Waals surface area (Å²) in [6.07, 6.45) is 1.53. The minimum atomic E-state index is -0.342. The van der Waals surface area contributed by atoms with Crippen LogP contribution in [0.5, 0.6) is 5.75 Å². The van der Waals surface area contributed by atoms with Crippen molar-refractivity contribution in [3.8, 4) is 11.8 Å². The molecule has 1 N–H and O–H groups in total. The van der Waals surface area contributed by atoms with Crippen LogP contribution >= 0.6 is 0 Å². The smallest absolute Gasteiger partial charge is 0.126 e. The Morgan fingerprint density at radius 2 is 2.14 bits per heavy atom. The number of benzene rings is 1. The SMILES string of the molecule is CCNC(C)c1ccc(F)cc1OCCCC(C)(C)C#N. The molecule has 0 aliphatic carbocycles. The molecule has 0 saturated carbocycles. The van der Waals surface area contributed by atoms with E-state index < -0.39 is 0 Å². The summed E-state index contributed by atoms with van der Waals surface area (Å²) in [5, 5.41) is 12.3. The van der Waals surface area contributed by atoms with Crippen molar-refractivity contribution in [1.29, 1.82) is 5.26 Å². The van der Waals surface area contributed by atoms with Crippen molar-refractivity contribution in [2.45, 2.75) is 46.6 Å². The Labute approximate surface area is 127 Å². The summed E-state index contributed by atoms with van der Waals surface area (Å²) in [5.74, 6) is 0.285. The van der Waals surface area contributed by atoms with Crippen LogP contribution in [0.4, 0.5) is 4.39 Å². The van der Waals surface area contributed by atoms with Crippen LogP contribution in [0.1, 0.15) is 52.1 Å². The highest BCUT2D eigenvalue weighted by molar-refractivity contribution is 5.36. The lowest BCUT2D eigenvalue weighted by Gasteiger charge is -2.19. The van der Waals surface area contributed by atoms with Crippen LogP contribution in [0.15, 0.2) is 18.2 Å². The number of nitrogens with one attached hydrogen (secondary N) is 1. The Balaban J connectivity index is 2.65. The Kier molecular flexibility index (Phi) is 6.64. The maximum absolute atomic E-state index is 13.4. The summed E-state index contributed by atoms with van der Waals surface area (Å²) >= 11 is 0. The molecule has 1 aromatic carbocycles. The molecule has 116 valence electrons. The van der Waals surface area contributed by atoms with Crippen LogP contribution in [0, 0.1) is 22.6 Å². The van der Waals surface area contributed by atoms with E-state index in [1.54, 1.807) is 6.07 Å². The molecule has 1 aromatic rings. The summed E-state index contributed by atoms with van der Waals surface area (Å²) in [7, 11) is 0. The van der Waals surface area contributed by atoms with Gasteiger partial charge in [0, 0.05) is 17.7 Å². The molecule has 0 radical (unpaired) electrons. The highest BCUT2D eigenvalue weighted by Gasteiger charge is 2.16. The van der Waals surface area contributed by atoms with Crippen molar-refractivity contribution in [2.24, 2.45) is 5.41 Å². The lowest BCUT2D eigenvalue weighted by atomic mass is 9.90. The molecule has 0 heterocycles. The van der Waals surface area contributed by atoms with E-state index >= 15 is 0 Å². The van der Waals surface area contributed by atoms with Crippen LogP contribution < -0.4 is 10.1 Å². The topological polar surface area (TPSA) is 45.0 Å². The molecule has 0 saturated heterocycles. The number of hydrogen-bond acceptors (Lipinski definition) is 3. The van der Waals surface area contributed by atoms with Crippen molar-refractivity contribution in [3.05, 3.63) is 29.6 Å². The quantitative estimate of drug-likeness (QED) is 0.730. The molecule has 0 fully saturated rings. The second-order valence-electron chi connectivity index (χ2n) is 5.91. The van der Waals surface area contributed by atoms with Gasteiger partial charge in [-0.1, -0.05) is 13.0 Å². The van der Waals surface area contributed by atoms with Crippen molar-refractivity contribution >= 4 is 0 Å². The third-order valence-electron chi connectivity index (χ3n) is 3.46. The predicted octanol–water partition coefficient (Wildman–Crippen LogP) is 4.20. The molecule has 0 aliphatic rings. The van der Waals surface area contributed by atoms with Gasteiger partial charge in [0.2, 0.25) is 0 Å². The Hall–Kier alpha value is -1.60. The molecule has 3 nitrogen and oxygen atoms in total. The highest BCUT2D eigenvalue weighted by atomic mass is 19.1. The average Bonchev–Trinajstić information content (AvgIpc) is 2.44. The number of rotatable bonds is 8. The highest BCUT2D eigenvalue weighted by Crippen LogP contribution is 2.27. The van der Waals surface area contributed by atoms with Gasteiger partial charge in [0.05, 0.1) is 18.1 Å². The predicted molar refractivity (Wildman–Crippen MR) is 82.6 cm³/mol. The molecule has 0 aromatic heterocycles. The molecular weight excluding hydrogens is 267 g/mol. The van der Waals surface area contributed by atoms with Gasteiger partial charge in [0.25, 0.3) is 0 Å². The van der Waals surface area contributed by atoms with E-state index in [0.29, 0.717) is 12.4 Å². The van der Waals surface area contributed by atoms with Gasteiger partial charge in [-0.2, -0.15) is 5.26 Å². The standard InChI is InChI=1S/C17H25FN2O/c1-5-20-13(2)15-8-7-14(18)11-16(15)21-10-6-9-17(3,4)12-19/h7-8,11,13,20H,5-6,9-10H2,1-4H3. The first-order chi connectivity index (χ1) is 9.89. The zero-order valence-corrected chi connectivity index (χ0v) is 13.4. The lowest BCUT2D eigenvalue weighted by Crippen LogP contribution is -2.19. The molecule has 1 unspecified atom stereocenters. The van der Waals surface area contributed by atoms with Gasteiger partial charge in [-0.25, -0.2) is 4.39 Å². The zero-order chi connectivity index (χ0) is 15.9. The average molecular weight is 292 g/mol. The first kappa shape index (κ1) is 17.5. The fourth-order valence-electron chi connectivity index (χ4n) is 2.16. The van der Waals surface area contributed by atoms with Gasteiger partial charge in [0.1, 0.15) is 11.6 Å². The van der Waals surface area contributed by atoms with Gasteiger partial charge in [-0.15, -0.1) is 0 Å². The molecule has 1 atom stereocenters. The Morgan fingerprint density at radius 3 is 2.76 bits per heavy atom. The van der Waals surface area contributed by atoms with Crippen molar-refractivity contribution in [1.82, 2.24) is 5.32 Å². The van der Waals surface area contributed by atoms with Gasteiger partial charge < -0.3 is 10.1 Å². The van der Waals surface area contributed by atoms with Crippen LogP contribution in [-0.2, 0) is 0 Å². The lowest BCUT2D eigenvalue weighted by molar-refractivity contribution is 0.278. The van der Waals surface area contributed by atoms with Gasteiger partial charge in [-0.3, -0.25) is 0 Å². The number of nitrogens with zero attached hydrogens (tertiary/aromatic N) is 1. The Bertz CT molecular complexity index is 494. The number of nitriles is 1. The third kappa shape index (κ3) is 5.73. The fourth-order valence-corrected chi connectivity index (χ4v) is 2.16. The van der Waals surface area contributed by atoms with E-state index in [2.05, 4.69) is 11.4 Å². The summed E-state index contributed by atoms with van der Waals surface area (Å²) < 4.78 is 19.1. The van der Waals surface area contributed by atoms with E-state index in [4.69, 9.17) is 10.00 Å². The first-order valence-electron chi connectivity index (χ1n) is 7.46. The van der Waals surface area contributed by atoms with Crippen LogP contribution in [0.3, 0.4) is 0 Å². The van der Waals surface area contributed by atoms with Gasteiger partial charge in [0.15, 0.2) is 0 Å². The summed E-state index contributed by atoms with van der Waals surface area (Å²) in [6, 6.07) is 7.03. The molecular formula is C17H25FN2O. The van der Waals surface area contributed by atoms with E-state index in [9.17, 15) is 4.39 Å².